The molecule has 2 aromatic rings. The van der Waals surface area contributed by atoms with E-state index in [1.807, 2.05) is 12.1 Å². The van der Waals surface area contributed by atoms with Crippen molar-refractivity contribution in [3.63, 3.8) is 0 Å². The lowest BCUT2D eigenvalue weighted by molar-refractivity contribution is -0.134. The zero-order valence-electron chi connectivity index (χ0n) is 15.4. The number of carbonyl (C=O) groups excluding carboxylic acids is 2. The van der Waals surface area contributed by atoms with E-state index in [9.17, 15) is 9.59 Å². The summed E-state index contributed by atoms with van der Waals surface area (Å²) in [6, 6.07) is 7.68. The van der Waals surface area contributed by atoms with Gasteiger partial charge in [0.05, 0.1) is 12.5 Å². The number of aryl methyl sites for hydroxylation is 2. The maximum Gasteiger partial charge on any atom is 0.237 e. The van der Waals surface area contributed by atoms with Gasteiger partial charge in [-0.2, -0.15) is 5.21 Å². The molecule has 1 aliphatic rings. The van der Waals surface area contributed by atoms with Crippen molar-refractivity contribution in [1.82, 2.24) is 36.2 Å². The lowest BCUT2D eigenvalue weighted by atomic mass is 10.0. The molecule has 0 bridgehead atoms. The molecular formula is C18H25N7O2. The van der Waals surface area contributed by atoms with Crippen molar-refractivity contribution in [3.05, 3.63) is 41.2 Å². The SMILES string of the molecule is Cc1ccccc1CN1CCNC(=O)[C@@H]1CC(=O)NCCCc1nn[nH]n1. The van der Waals surface area contributed by atoms with Crippen LogP contribution in [0.4, 0.5) is 0 Å². The van der Waals surface area contributed by atoms with Gasteiger partial charge in [0.25, 0.3) is 0 Å². The molecule has 2 amide bonds. The molecular weight excluding hydrogens is 346 g/mol. The van der Waals surface area contributed by atoms with Gasteiger partial charge < -0.3 is 10.6 Å². The number of nitrogens with zero attached hydrogens (tertiary/aromatic N) is 4. The second kappa shape index (κ2) is 9.22. The molecule has 1 fully saturated rings. The molecule has 1 saturated heterocycles. The molecule has 3 rings (SSSR count). The first kappa shape index (κ1) is 19.0. The Balaban J connectivity index is 1.51. The van der Waals surface area contributed by atoms with Crippen LogP contribution < -0.4 is 10.6 Å². The highest BCUT2D eigenvalue weighted by atomic mass is 16.2. The van der Waals surface area contributed by atoms with Crippen LogP contribution in [0.3, 0.4) is 0 Å². The van der Waals surface area contributed by atoms with E-state index in [0.717, 1.165) is 13.0 Å². The van der Waals surface area contributed by atoms with E-state index in [1.165, 1.54) is 11.1 Å². The molecule has 9 heteroatoms. The van der Waals surface area contributed by atoms with E-state index < -0.39 is 6.04 Å². The minimum absolute atomic E-state index is 0.0863. The van der Waals surface area contributed by atoms with Crippen LogP contribution in [-0.4, -0.2) is 63.0 Å². The average Bonchev–Trinajstić information content (AvgIpc) is 3.17. The van der Waals surface area contributed by atoms with Gasteiger partial charge in [-0.3, -0.25) is 14.5 Å². The molecule has 27 heavy (non-hydrogen) atoms. The average molecular weight is 371 g/mol. The standard InChI is InChI=1S/C18H25N7O2/c1-13-5-2-3-6-14(13)12-25-10-9-20-18(27)15(25)11-17(26)19-8-4-7-16-21-23-24-22-16/h2-3,5-6,15H,4,7-12H2,1H3,(H,19,26)(H,20,27)(H,21,22,23,24)/t15-/m0/s1. The van der Waals surface area contributed by atoms with E-state index in [4.69, 9.17) is 0 Å². The Morgan fingerprint density at radius 1 is 1.37 bits per heavy atom. The van der Waals surface area contributed by atoms with Crippen LogP contribution >= 0.6 is 0 Å². The molecule has 0 spiro atoms. The molecule has 1 aromatic heterocycles. The number of piperazine rings is 1. The maximum atomic E-state index is 12.3. The normalized spacial score (nSPS) is 17.5. The van der Waals surface area contributed by atoms with E-state index in [-0.39, 0.29) is 18.2 Å². The first-order chi connectivity index (χ1) is 13.1. The molecule has 0 aliphatic carbocycles. The van der Waals surface area contributed by atoms with Crippen molar-refractivity contribution in [2.45, 2.75) is 38.8 Å². The second-order valence-corrected chi connectivity index (χ2v) is 6.69. The summed E-state index contributed by atoms with van der Waals surface area (Å²) in [7, 11) is 0. The van der Waals surface area contributed by atoms with Gasteiger partial charge in [0.2, 0.25) is 11.8 Å². The van der Waals surface area contributed by atoms with E-state index in [0.29, 0.717) is 31.9 Å². The number of carbonyl (C=O) groups is 2. The van der Waals surface area contributed by atoms with E-state index in [1.54, 1.807) is 0 Å². The summed E-state index contributed by atoms with van der Waals surface area (Å²) in [4.78, 5) is 26.7. The van der Waals surface area contributed by atoms with Crippen molar-refractivity contribution in [1.29, 1.82) is 0 Å². The molecule has 9 nitrogen and oxygen atoms in total. The molecule has 3 N–H and O–H groups in total. The number of hydrogen-bond donors (Lipinski definition) is 3. The van der Waals surface area contributed by atoms with E-state index >= 15 is 0 Å². The fraction of sp³-hybridized carbons (Fsp3) is 0.500. The highest BCUT2D eigenvalue weighted by molar-refractivity contribution is 5.88. The first-order valence-electron chi connectivity index (χ1n) is 9.19. The Labute approximate surface area is 157 Å². The van der Waals surface area contributed by atoms with Crippen molar-refractivity contribution < 1.29 is 9.59 Å². The largest absolute Gasteiger partial charge is 0.356 e. The van der Waals surface area contributed by atoms with Gasteiger partial charge in [0.1, 0.15) is 0 Å². The first-order valence-corrected chi connectivity index (χ1v) is 9.19. The van der Waals surface area contributed by atoms with Crippen molar-refractivity contribution in [3.8, 4) is 0 Å². The fourth-order valence-corrected chi connectivity index (χ4v) is 3.19. The minimum atomic E-state index is -0.449. The number of hydrogen-bond acceptors (Lipinski definition) is 6. The van der Waals surface area contributed by atoms with Crippen LogP contribution in [-0.2, 0) is 22.6 Å². The number of H-pyrrole nitrogens is 1. The molecule has 1 aromatic carbocycles. The summed E-state index contributed by atoms with van der Waals surface area (Å²) in [5.41, 5.74) is 2.37. The van der Waals surface area contributed by atoms with Crippen LogP contribution in [0.25, 0.3) is 0 Å². The summed E-state index contributed by atoms with van der Waals surface area (Å²) in [6.07, 6.45) is 1.51. The number of aromatic amines is 1. The van der Waals surface area contributed by atoms with Gasteiger partial charge in [-0.15, -0.1) is 10.2 Å². The zero-order chi connectivity index (χ0) is 19.1. The number of benzene rings is 1. The van der Waals surface area contributed by atoms with Crippen LogP contribution in [0.1, 0.15) is 29.8 Å². The summed E-state index contributed by atoms with van der Waals surface area (Å²) in [5, 5.41) is 19.4. The Morgan fingerprint density at radius 3 is 3.00 bits per heavy atom. The topological polar surface area (TPSA) is 116 Å². The number of tetrazole rings is 1. The smallest absolute Gasteiger partial charge is 0.237 e. The van der Waals surface area contributed by atoms with Crippen LogP contribution in [0.2, 0.25) is 0 Å². The Bertz CT molecular complexity index is 763. The lowest BCUT2D eigenvalue weighted by Gasteiger charge is -2.35. The summed E-state index contributed by atoms with van der Waals surface area (Å²) in [6.45, 7) is 4.57. The molecule has 1 aliphatic heterocycles. The predicted octanol–water partition coefficient (Wildman–Crippen LogP) is -0.0524. The molecule has 0 radical (unpaired) electrons. The quantitative estimate of drug-likeness (QED) is 0.560. The summed E-state index contributed by atoms with van der Waals surface area (Å²) in [5.74, 6) is 0.414. The third kappa shape index (κ3) is 5.33. The van der Waals surface area contributed by atoms with Gasteiger partial charge >= 0.3 is 0 Å². The van der Waals surface area contributed by atoms with E-state index in [2.05, 4.69) is 55.2 Å². The summed E-state index contributed by atoms with van der Waals surface area (Å²) < 4.78 is 0. The van der Waals surface area contributed by atoms with Gasteiger partial charge in [-0.1, -0.05) is 29.5 Å². The van der Waals surface area contributed by atoms with Crippen LogP contribution in [0.15, 0.2) is 24.3 Å². The molecule has 0 unspecified atom stereocenters. The minimum Gasteiger partial charge on any atom is -0.356 e. The van der Waals surface area contributed by atoms with Gasteiger partial charge in [-0.25, -0.2) is 0 Å². The molecule has 2 heterocycles. The third-order valence-corrected chi connectivity index (χ3v) is 4.74. The molecule has 1 atom stereocenters. The Morgan fingerprint density at radius 2 is 2.22 bits per heavy atom. The molecule has 144 valence electrons. The lowest BCUT2D eigenvalue weighted by Crippen LogP contribution is -2.56. The Hall–Kier alpha value is -2.81. The fourth-order valence-electron chi connectivity index (χ4n) is 3.19. The predicted molar refractivity (Wildman–Crippen MR) is 98.5 cm³/mol. The molecule has 0 saturated carbocycles. The third-order valence-electron chi connectivity index (χ3n) is 4.74. The van der Waals surface area contributed by atoms with Crippen LogP contribution in [0, 0.1) is 6.92 Å². The number of rotatable bonds is 8. The van der Waals surface area contributed by atoms with Crippen molar-refractivity contribution >= 4 is 11.8 Å². The van der Waals surface area contributed by atoms with Gasteiger partial charge in [-0.05, 0) is 24.5 Å². The number of aromatic nitrogens is 4. The Kier molecular flexibility index (Phi) is 6.48. The second-order valence-electron chi connectivity index (χ2n) is 6.69. The van der Waals surface area contributed by atoms with Crippen molar-refractivity contribution in [2.24, 2.45) is 0 Å². The van der Waals surface area contributed by atoms with Crippen molar-refractivity contribution in [2.75, 3.05) is 19.6 Å². The number of amides is 2. The maximum absolute atomic E-state index is 12.3. The highest BCUT2D eigenvalue weighted by Gasteiger charge is 2.31. The highest BCUT2D eigenvalue weighted by Crippen LogP contribution is 2.16. The van der Waals surface area contributed by atoms with Gasteiger partial charge in [0, 0.05) is 32.6 Å². The van der Waals surface area contributed by atoms with Gasteiger partial charge in [0.15, 0.2) is 5.82 Å². The number of nitrogens with one attached hydrogen (secondary N) is 3. The zero-order valence-corrected chi connectivity index (χ0v) is 15.4. The summed E-state index contributed by atoms with van der Waals surface area (Å²) >= 11 is 0. The van der Waals surface area contributed by atoms with Crippen LogP contribution in [0.5, 0.6) is 0 Å². The monoisotopic (exact) mass is 371 g/mol.